The highest BCUT2D eigenvalue weighted by atomic mass is 16.6. The second kappa shape index (κ2) is 11.7. The molecule has 8 heteroatoms. The molecule has 0 spiro atoms. The highest BCUT2D eigenvalue weighted by molar-refractivity contribution is 6.04. The van der Waals surface area contributed by atoms with Crippen molar-refractivity contribution in [2.45, 2.75) is 51.9 Å². The van der Waals surface area contributed by atoms with Crippen molar-refractivity contribution in [3.63, 3.8) is 0 Å². The zero-order valence-electron chi connectivity index (χ0n) is 18.4. The number of carbonyl (C=O) groups is 5. The minimum absolute atomic E-state index is 0.216. The Hall–Kier alpha value is -3.55. The zero-order chi connectivity index (χ0) is 23.7. The predicted molar refractivity (Wildman–Crippen MR) is 115 cm³/mol. The van der Waals surface area contributed by atoms with Crippen molar-refractivity contribution >= 4 is 29.4 Å². The number of benzene rings is 1. The second-order valence-corrected chi connectivity index (χ2v) is 7.50. The molecule has 0 unspecified atom stereocenters. The lowest BCUT2D eigenvalue weighted by Crippen LogP contribution is -2.43. The van der Waals surface area contributed by atoms with Gasteiger partial charge in [0.05, 0.1) is 12.5 Å². The van der Waals surface area contributed by atoms with Crippen LogP contribution < -0.4 is 0 Å². The first-order valence-electron chi connectivity index (χ1n) is 10.4. The van der Waals surface area contributed by atoms with Crippen LogP contribution in [0.1, 0.15) is 32.8 Å². The molecule has 1 aromatic rings. The summed E-state index contributed by atoms with van der Waals surface area (Å²) in [5.74, 6) is -3.13. The molecule has 8 nitrogen and oxygen atoms in total. The van der Waals surface area contributed by atoms with Crippen LogP contribution in [0, 0.1) is 0 Å². The molecule has 1 aliphatic rings. The van der Waals surface area contributed by atoms with Crippen LogP contribution in [0.25, 0.3) is 0 Å². The molecule has 0 N–H and O–H groups in total. The van der Waals surface area contributed by atoms with Crippen LogP contribution in [0.3, 0.4) is 0 Å². The van der Waals surface area contributed by atoms with Crippen molar-refractivity contribution in [2.75, 3.05) is 6.54 Å². The van der Waals surface area contributed by atoms with Crippen LogP contribution in [0.5, 0.6) is 0 Å². The van der Waals surface area contributed by atoms with E-state index in [0.29, 0.717) is 6.42 Å². The topological polar surface area (TPSA) is 107 Å². The van der Waals surface area contributed by atoms with E-state index in [0.717, 1.165) is 29.9 Å². The maximum atomic E-state index is 12.8. The highest BCUT2D eigenvalue weighted by Crippen LogP contribution is 2.10. The van der Waals surface area contributed by atoms with Gasteiger partial charge in [-0.2, -0.15) is 0 Å². The summed E-state index contributed by atoms with van der Waals surface area (Å²) in [5, 5.41) is 0. The van der Waals surface area contributed by atoms with Crippen molar-refractivity contribution in [1.29, 1.82) is 0 Å². The summed E-state index contributed by atoms with van der Waals surface area (Å²) in [5.41, 5.74) is 0.973. The number of nitrogens with zero attached hydrogens (tertiary/aromatic N) is 1. The SMILES string of the molecule is C[C@@H]1OC(=O)C[C@H](C)OC(=O)/C=C/C(=O)[C@H](C)N(CCc2ccccc2)C(=O)/C=C/C1=O. The number of ketones is 2. The van der Waals surface area contributed by atoms with Gasteiger partial charge in [0.1, 0.15) is 6.10 Å². The first-order chi connectivity index (χ1) is 15.2. The van der Waals surface area contributed by atoms with Crippen LogP contribution >= 0.6 is 0 Å². The van der Waals surface area contributed by atoms with Gasteiger partial charge in [-0.3, -0.25) is 19.2 Å². The summed E-state index contributed by atoms with van der Waals surface area (Å²) in [6, 6.07) is 8.55. The number of carbonyl (C=O) groups excluding carboxylic acids is 5. The van der Waals surface area contributed by atoms with Gasteiger partial charge in [-0.15, -0.1) is 0 Å². The number of ether oxygens (including phenoxy) is 2. The number of hydrogen-bond donors (Lipinski definition) is 0. The van der Waals surface area contributed by atoms with Gasteiger partial charge >= 0.3 is 11.9 Å². The monoisotopic (exact) mass is 441 g/mol. The third-order valence-corrected chi connectivity index (χ3v) is 4.90. The molecule has 1 amide bonds. The Morgan fingerprint density at radius 2 is 1.50 bits per heavy atom. The van der Waals surface area contributed by atoms with E-state index in [2.05, 4.69) is 0 Å². The Morgan fingerprint density at radius 3 is 2.19 bits per heavy atom. The van der Waals surface area contributed by atoms with Crippen LogP contribution in [0.4, 0.5) is 0 Å². The van der Waals surface area contributed by atoms with Gasteiger partial charge in [-0.05, 0) is 44.9 Å². The first kappa shape index (κ1) is 24.7. The molecule has 1 aliphatic heterocycles. The Bertz CT molecular complexity index is 920. The molecule has 0 fully saturated rings. The number of amides is 1. The minimum atomic E-state index is -1.11. The fraction of sp³-hybridized carbons (Fsp3) is 0.375. The maximum absolute atomic E-state index is 12.8. The molecule has 1 aromatic carbocycles. The predicted octanol–water partition coefficient (Wildman–Crippen LogP) is 1.96. The quantitative estimate of drug-likeness (QED) is 0.660. The van der Waals surface area contributed by atoms with Crippen molar-refractivity contribution in [2.24, 2.45) is 0 Å². The Labute approximate surface area is 186 Å². The minimum Gasteiger partial charge on any atom is -0.459 e. The normalized spacial score (nSPS) is 25.8. The average Bonchev–Trinajstić information content (AvgIpc) is 2.75. The Morgan fingerprint density at radius 1 is 0.844 bits per heavy atom. The number of esters is 2. The molecular weight excluding hydrogens is 414 g/mol. The van der Waals surface area contributed by atoms with E-state index < -0.39 is 47.7 Å². The third-order valence-electron chi connectivity index (χ3n) is 4.90. The summed E-state index contributed by atoms with van der Waals surface area (Å²) in [7, 11) is 0. The van der Waals surface area contributed by atoms with Gasteiger partial charge in [0.2, 0.25) is 5.91 Å². The van der Waals surface area contributed by atoms with Crippen LogP contribution in [-0.2, 0) is 39.9 Å². The van der Waals surface area contributed by atoms with E-state index in [1.807, 2.05) is 30.3 Å². The standard InChI is InChI=1S/C24H27NO7/c1-16-15-24(30)32-18(3)21(27)9-11-22(28)25(14-13-19-7-5-4-6-8-19)17(2)20(26)10-12-23(29)31-16/h4-12,16-18H,13-15H2,1-3H3/b11-9+,12-10+/t16-,17-,18-/m0/s1. The van der Waals surface area contributed by atoms with E-state index >= 15 is 0 Å². The lowest BCUT2D eigenvalue weighted by atomic mass is 10.1. The van der Waals surface area contributed by atoms with Crippen LogP contribution in [0.2, 0.25) is 0 Å². The zero-order valence-corrected chi connectivity index (χ0v) is 18.4. The number of rotatable bonds is 3. The largest absolute Gasteiger partial charge is 0.459 e. The van der Waals surface area contributed by atoms with Crippen LogP contribution in [0.15, 0.2) is 54.6 Å². The Balaban J connectivity index is 2.29. The van der Waals surface area contributed by atoms with E-state index in [1.165, 1.54) is 18.7 Å². The lowest BCUT2D eigenvalue weighted by molar-refractivity contribution is -0.157. The van der Waals surface area contributed by atoms with Crippen molar-refractivity contribution < 1.29 is 33.4 Å². The molecule has 0 saturated heterocycles. The molecule has 0 saturated carbocycles. The van der Waals surface area contributed by atoms with Gasteiger partial charge in [-0.1, -0.05) is 30.3 Å². The fourth-order valence-electron chi connectivity index (χ4n) is 3.03. The molecule has 3 atom stereocenters. The van der Waals surface area contributed by atoms with Crippen LogP contribution in [-0.4, -0.2) is 59.1 Å². The fourth-order valence-corrected chi connectivity index (χ4v) is 3.03. The summed E-state index contributed by atoms with van der Waals surface area (Å²) in [4.78, 5) is 62.9. The Kier molecular flexibility index (Phi) is 9.07. The smallest absolute Gasteiger partial charge is 0.331 e. The van der Waals surface area contributed by atoms with E-state index in [-0.39, 0.29) is 13.0 Å². The highest BCUT2D eigenvalue weighted by Gasteiger charge is 2.25. The molecule has 0 aliphatic carbocycles. The number of hydrogen-bond acceptors (Lipinski definition) is 7. The summed E-state index contributed by atoms with van der Waals surface area (Å²) in [6.45, 7) is 4.65. The molecule has 0 bridgehead atoms. The van der Waals surface area contributed by atoms with E-state index in [1.54, 1.807) is 6.92 Å². The molecule has 32 heavy (non-hydrogen) atoms. The molecule has 2 rings (SSSR count). The van der Waals surface area contributed by atoms with Gasteiger partial charge in [0, 0.05) is 18.7 Å². The molecule has 1 heterocycles. The van der Waals surface area contributed by atoms with Gasteiger partial charge in [0.15, 0.2) is 17.7 Å². The maximum Gasteiger partial charge on any atom is 0.331 e. The van der Waals surface area contributed by atoms with Crippen molar-refractivity contribution in [1.82, 2.24) is 4.90 Å². The second-order valence-electron chi connectivity index (χ2n) is 7.50. The third kappa shape index (κ3) is 7.61. The summed E-state index contributed by atoms with van der Waals surface area (Å²) < 4.78 is 10.1. The molecular formula is C24H27NO7. The van der Waals surface area contributed by atoms with E-state index in [9.17, 15) is 24.0 Å². The summed E-state index contributed by atoms with van der Waals surface area (Å²) in [6.07, 6.45) is 2.44. The van der Waals surface area contributed by atoms with Gasteiger partial charge < -0.3 is 14.4 Å². The van der Waals surface area contributed by atoms with Gasteiger partial charge in [0.25, 0.3) is 0 Å². The van der Waals surface area contributed by atoms with Crippen molar-refractivity contribution in [3.05, 3.63) is 60.2 Å². The van der Waals surface area contributed by atoms with Gasteiger partial charge in [-0.25, -0.2) is 4.79 Å². The van der Waals surface area contributed by atoms with E-state index in [4.69, 9.17) is 9.47 Å². The average molecular weight is 441 g/mol. The first-order valence-corrected chi connectivity index (χ1v) is 10.4. The number of cyclic esters (lactones) is 2. The molecule has 0 aromatic heterocycles. The molecule has 0 radical (unpaired) electrons. The lowest BCUT2D eigenvalue weighted by Gasteiger charge is -2.27. The molecule has 170 valence electrons. The van der Waals surface area contributed by atoms with Crippen molar-refractivity contribution in [3.8, 4) is 0 Å². The summed E-state index contributed by atoms with van der Waals surface area (Å²) >= 11 is 0.